The molecule has 0 saturated carbocycles. The molecule has 0 amide bonds. The number of nitrogens with zero attached hydrogens (tertiary/aromatic N) is 2. The van der Waals surface area contributed by atoms with Gasteiger partial charge in [-0.05, 0) is 23.8 Å². The zero-order valence-electron chi connectivity index (χ0n) is 11.4. The maximum Gasteiger partial charge on any atom is 0.120 e. The quantitative estimate of drug-likeness (QED) is 0.607. The van der Waals surface area contributed by atoms with Crippen LogP contribution in [0.15, 0.2) is 78.5 Å². The van der Waals surface area contributed by atoms with Gasteiger partial charge in [-0.3, -0.25) is 0 Å². The van der Waals surface area contributed by atoms with Gasteiger partial charge in [-0.25, -0.2) is 0 Å². The molecule has 0 heterocycles. The highest BCUT2D eigenvalue weighted by Crippen LogP contribution is 2.16. The Balaban J connectivity index is 2.15. The summed E-state index contributed by atoms with van der Waals surface area (Å²) in [5.41, 5.74) is 2.71. The topological polar surface area (TPSA) is 27.0 Å². The first-order valence-corrected chi connectivity index (χ1v) is 6.43. The van der Waals surface area contributed by atoms with E-state index in [0.717, 1.165) is 11.3 Å². The number of para-hydroxylation sites is 1. The van der Waals surface area contributed by atoms with Crippen LogP contribution in [0.2, 0.25) is 0 Å². The molecule has 2 aromatic carbocycles. The third kappa shape index (κ3) is 3.60. The molecule has 2 heteroatoms. The van der Waals surface area contributed by atoms with Crippen LogP contribution in [0.5, 0.6) is 0 Å². The maximum atomic E-state index is 9.26. The molecule has 20 heavy (non-hydrogen) atoms. The second-order valence-electron chi connectivity index (χ2n) is 4.33. The van der Waals surface area contributed by atoms with Gasteiger partial charge in [0, 0.05) is 12.7 Å². The molecule has 2 aromatic rings. The van der Waals surface area contributed by atoms with E-state index in [1.54, 1.807) is 0 Å². The Morgan fingerprint density at radius 1 is 1.00 bits per heavy atom. The van der Waals surface area contributed by atoms with Crippen molar-refractivity contribution in [3.8, 4) is 6.07 Å². The van der Waals surface area contributed by atoms with Gasteiger partial charge in [-0.15, -0.1) is 0 Å². The number of anilines is 1. The molecule has 2 nitrogen and oxygen atoms in total. The standard InChI is InChI=1S/C18H16N2/c1-20(17-12-6-3-7-13-17)18(15-19)14-8-11-16-9-4-2-5-10-16/h2-14H,1H3/b11-8+,18-14-. The molecule has 0 aliphatic heterocycles. The van der Waals surface area contributed by atoms with Crippen LogP contribution in [-0.4, -0.2) is 7.05 Å². The fourth-order valence-electron chi connectivity index (χ4n) is 1.83. The van der Waals surface area contributed by atoms with Crippen LogP contribution in [0.3, 0.4) is 0 Å². The minimum Gasteiger partial charge on any atom is -0.336 e. The number of allylic oxidation sites excluding steroid dienone is 3. The van der Waals surface area contributed by atoms with Gasteiger partial charge < -0.3 is 4.90 Å². The Morgan fingerprint density at radius 3 is 2.20 bits per heavy atom. The molecule has 2 rings (SSSR count). The van der Waals surface area contributed by atoms with Crippen molar-refractivity contribution in [2.24, 2.45) is 0 Å². The SMILES string of the molecule is CN(/C(C#N)=C\C=C\c1ccccc1)c1ccccc1. The lowest BCUT2D eigenvalue weighted by molar-refractivity contribution is 1.14. The summed E-state index contributed by atoms with van der Waals surface area (Å²) in [5, 5.41) is 9.26. The smallest absolute Gasteiger partial charge is 0.120 e. The van der Waals surface area contributed by atoms with Gasteiger partial charge in [-0.1, -0.05) is 60.7 Å². The van der Waals surface area contributed by atoms with E-state index in [9.17, 15) is 5.26 Å². The summed E-state index contributed by atoms with van der Waals surface area (Å²) in [7, 11) is 1.89. The minimum absolute atomic E-state index is 0.600. The van der Waals surface area contributed by atoms with Crippen LogP contribution >= 0.6 is 0 Å². The van der Waals surface area contributed by atoms with Crippen LogP contribution in [0.1, 0.15) is 5.56 Å². The molecule has 0 aliphatic rings. The second kappa shape index (κ2) is 6.96. The lowest BCUT2D eigenvalue weighted by Crippen LogP contribution is -2.14. The van der Waals surface area contributed by atoms with Crippen molar-refractivity contribution in [2.75, 3.05) is 11.9 Å². The Morgan fingerprint density at radius 2 is 1.60 bits per heavy atom. The number of rotatable bonds is 4. The largest absolute Gasteiger partial charge is 0.336 e. The lowest BCUT2D eigenvalue weighted by Gasteiger charge is -2.17. The molecule has 0 N–H and O–H groups in total. The first kappa shape index (κ1) is 13.6. The summed E-state index contributed by atoms with van der Waals surface area (Å²) in [4.78, 5) is 1.87. The van der Waals surface area contributed by atoms with Crippen LogP contribution in [-0.2, 0) is 0 Å². The van der Waals surface area contributed by atoms with Gasteiger partial charge >= 0.3 is 0 Å². The van der Waals surface area contributed by atoms with Gasteiger partial charge in [0.1, 0.15) is 11.8 Å². The molecule has 98 valence electrons. The summed E-state index contributed by atoms with van der Waals surface area (Å²) in [6.45, 7) is 0. The Kier molecular flexibility index (Phi) is 4.75. The van der Waals surface area contributed by atoms with Crippen molar-refractivity contribution in [3.63, 3.8) is 0 Å². The highest BCUT2D eigenvalue weighted by molar-refractivity contribution is 5.57. The molecule has 0 unspecified atom stereocenters. The molecule has 0 fully saturated rings. The number of benzene rings is 2. The molecule has 0 radical (unpaired) electrons. The van der Waals surface area contributed by atoms with Gasteiger partial charge in [0.15, 0.2) is 0 Å². The summed E-state index contributed by atoms with van der Waals surface area (Å²) >= 11 is 0. The fourth-order valence-corrected chi connectivity index (χ4v) is 1.83. The van der Waals surface area contributed by atoms with Gasteiger partial charge in [0.25, 0.3) is 0 Å². The first-order chi connectivity index (χ1) is 9.81. The Labute approximate surface area is 119 Å². The number of hydrogen-bond acceptors (Lipinski definition) is 2. The van der Waals surface area contributed by atoms with Crippen molar-refractivity contribution in [1.29, 1.82) is 5.26 Å². The van der Waals surface area contributed by atoms with E-state index < -0.39 is 0 Å². The van der Waals surface area contributed by atoms with Gasteiger partial charge in [0.2, 0.25) is 0 Å². The summed E-state index contributed by atoms with van der Waals surface area (Å²) in [5.74, 6) is 0. The monoisotopic (exact) mass is 260 g/mol. The Bertz CT molecular complexity index is 634. The molecule has 0 aromatic heterocycles. The van der Waals surface area contributed by atoms with Crippen molar-refractivity contribution in [2.45, 2.75) is 0 Å². The predicted octanol–water partition coefficient (Wildman–Crippen LogP) is 4.24. The second-order valence-corrected chi connectivity index (χ2v) is 4.33. The van der Waals surface area contributed by atoms with Crippen molar-refractivity contribution < 1.29 is 0 Å². The molecule has 0 atom stereocenters. The van der Waals surface area contributed by atoms with E-state index in [4.69, 9.17) is 0 Å². The average molecular weight is 260 g/mol. The van der Waals surface area contributed by atoms with Crippen LogP contribution < -0.4 is 4.90 Å². The van der Waals surface area contributed by atoms with Gasteiger partial charge in [-0.2, -0.15) is 5.26 Å². The fraction of sp³-hybridized carbons (Fsp3) is 0.0556. The molecule has 0 saturated heterocycles. The van der Waals surface area contributed by atoms with E-state index in [1.807, 2.05) is 90.8 Å². The predicted molar refractivity (Wildman–Crippen MR) is 84.0 cm³/mol. The first-order valence-electron chi connectivity index (χ1n) is 6.43. The van der Waals surface area contributed by atoms with E-state index in [0.29, 0.717) is 5.70 Å². The molecular formula is C18H16N2. The van der Waals surface area contributed by atoms with Crippen LogP contribution in [0, 0.1) is 11.3 Å². The minimum atomic E-state index is 0.600. The molecular weight excluding hydrogens is 244 g/mol. The summed E-state index contributed by atoms with van der Waals surface area (Å²) in [6.07, 6.45) is 5.70. The lowest BCUT2D eigenvalue weighted by atomic mass is 10.2. The van der Waals surface area contributed by atoms with E-state index in [1.165, 1.54) is 0 Å². The van der Waals surface area contributed by atoms with Gasteiger partial charge in [0.05, 0.1) is 0 Å². The molecule has 0 aliphatic carbocycles. The average Bonchev–Trinajstić information content (AvgIpc) is 2.53. The highest BCUT2D eigenvalue weighted by Gasteiger charge is 2.04. The maximum absolute atomic E-state index is 9.26. The van der Waals surface area contributed by atoms with Crippen LogP contribution in [0.4, 0.5) is 5.69 Å². The zero-order valence-corrected chi connectivity index (χ0v) is 11.4. The van der Waals surface area contributed by atoms with E-state index >= 15 is 0 Å². The summed E-state index contributed by atoms with van der Waals surface area (Å²) < 4.78 is 0. The third-order valence-electron chi connectivity index (χ3n) is 2.96. The normalized spacial score (nSPS) is 11.3. The van der Waals surface area contributed by atoms with Crippen molar-refractivity contribution in [1.82, 2.24) is 0 Å². The third-order valence-corrected chi connectivity index (χ3v) is 2.96. The number of nitriles is 1. The van der Waals surface area contributed by atoms with E-state index in [2.05, 4.69) is 6.07 Å². The number of hydrogen-bond donors (Lipinski definition) is 0. The molecule has 0 bridgehead atoms. The zero-order chi connectivity index (χ0) is 14.2. The van der Waals surface area contributed by atoms with Crippen molar-refractivity contribution in [3.05, 3.63) is 84.1 Å². The van der Waals surface area contributed by atoms with Crippen LogP contribution in [0.25, 0.3) is 6.08 Å². The highest BCUT2D eigenvalue weighted by atomic mass is 15.1. The van der Waals surface area contributed by atoms with E-state index in [-0.39, 0.29) is 0 Å². The Hall–Kier alpha value is -2.79. The van der Waals surface area contributed by atoms with Crippen molar-refractivity contribution >= 4 is 11.8 Å². The molecule has 0 spiro atoms. The summed E-state index contributed by atoms with van der Waals surface area (Å²) in [6, 6.07) is 22.1.